The second-order valence-electron chi connectivity index (χ2n) is 2.05. The normalized spacial score (nSPS) is 10.2. The number of alkyl halides is 2. The summed E-state index contributed by atoms with van der Waals surface area (Å²) in [6.45, 7) is 1.61. The Bertz CT molecular complexity index is 51.6. The summed E-state index contributed by atoms with van der Waals surface area (Å²) >= 11 is 10.9. The molecular weight excluding hydrogens is 171 g/mol. The lowest BCUT2D eigenvalue weighted by Crippen LogP contribution is -1.97. The maximum atomic E-state index is 5.46. The van der Waals surface area contributed by atoms with Crippen LogP contribution in [0.5, 0.6) is 0 Å². The zero-order valence-electron chi connectivity index (χ0n) is 6.11. The molecule has 0 aliphatic rings. The van der Waals surface area contributed by atoms with Crippen molar-refractivity contribution in [2.24, 2.45) is 0 Å². The van der Waals surface area contributed by atoms with E-state index < -0.39 is 0 Å². The number of ether oxygens (including phenoxy) is 1. The Morgan fingerprint density at radius 2 is 1.40 bits per heavy atom. The summed E-state index contributed by atoms with van der Waals surface area (Å²) in [5.74, 6) is 1.42. The number of rotatable bonds is 7. The molecule has 0 aromatic heterocycles. The van der Waals surface area contributed by atoms with Gasteiger partial charge in [-0.2, -0.15) is 0 Å². The standard InChI is InChI=1S/C7H14Cl2O/c8-4-1-2-6-10-7-3-5-9/h1-7H2. The molecule has 0 rings (SSSR count). The van der Waals surface area contributed by atoms with Gasteiger partial charge < -0.3 is 4.74 Å². The van der Waals surface area contributed by atoms with E-state index in [2.05, 4.69) is 0 Å². The van der Waals surface area contributed by atoms with Gasteiger partial charge in [0, 0.05) is 25.0 Å². The van der Waals surface area contributed by atoms with Crippen LogP contribution in [0.1, 0.15) is 19.3 Å². The molecule has 62 valence electrons. The summed E-state index contributed by atoms with van der Waals surface area (Å²) in [7, 11) is 0. The lowest BCUT2D eigenvalue weighted by atomic mass is 10.4. The van der Waals surface area contributed by atoms with Crippen LogP contribution in [0.2, 0.25) is 0 Å². The van der Waals surface area contributed by atoms with E-state index in [-0.39, 0.29) is 0 Å². The van der Waals surface area contributed by atoms with Crippen molar-refractivity contribution in [2.45, 2.75) is 19.3 Å². The third-order valence-corrected chi connectivity index (χ3v) is 1.63. The zero-order valence-corrected chi connectivity index (χ0v) is 7.63. The summed E-state index contributed by atoms with van der Waals surface area (Å²) < 4.78 is 5.23. The first-order valence-electron chi connectivity index (χ1n) is 3.61. The second-order valence-corrected chi connectivity index (χ2v) is 2.81. The molecule has 10 heavy (non-hydrogen) atoms. The Labute approximate surface area is 72.6 Å². The van der Waals surface area contributed by atoms with E-state index in [9.17, 15) is 0 Å². The van der Waals surface area contributed by atoms with Gasteiger partial charge in [-0.15, -0.1) is 23.2 Å². The van der Waals surface area contributed by atoms with Crippen molar-refractivity contribution in [3.63, 3.8) is 0 Å². The highest BCUT2D eigenvalue weighted by Crippen LogP contribution is 1.93. The predicted octanol–water partition coefficient (Wildman–Crippen LogP) is 2.65. The van der Waals surface area contributed by atoms with E-state index in [1.165, 1.54) is 0 Å². The van der Waals surface area contributed by atoms with Gasteiger partial charge in [0.05, 0.1) is 0 Å². The van der Waals surface area contributed by atoms with E-state index >= 15 is 0 Å². The average molecular weight is 185 g/mol. The molecule has 0 aromatic rings. The van der Waals surface area contributed by atoms with Gasteiger partial charge in [0.15, 0.2) is 0 Å². The molecule has 0 fully saturated rings. The largest absolute Gasteiger partial charge is 0.381 e. The van der Waals surface area contributed by atoms with Crippen LogP contribution in [0.25, 0.3) is 0 Å². The molecule has 0 radical (unpaired) electrons. The molecular formula is C7H14Cl2O. The van der Waals surface area contributed by atoms with Crippen LogP contribution in [0.15, 0.2) is 0 Å². The summed E-state index contributed by atoms with van der Waals surface area (Å²) in [5, 5.41) is 0. The summed E-state index contributed by atoms with van der Waals surface area (Å²) in [4.78, 5) is 0. The highest BCUT2D eigenvalue weighted by molar-refractivity contribution is 6.18. The highest BCUT2D eigenvalue weighted by Gasteiger charge is 1.87. The van der Waals surface area contributed by atoms with Crippen molar-refractivity contribution in [3.05, 3.63) is 0 Å². The van der Waals surface area contributed by atoms with Gasteiger partial charge in [-0.25, -0.2) is 0 Å². The molecule has 0 spiro atoms. The highest BCUT2D eigenvalue weighted by atomic mass is 35.5. The number of unbranched alkanes of at least 4 members (excludes halogenated alkanes) is 1. The molecule has 0 aliphatic carbocycles. The minimum atomic E-state index is 0.690. The summed E-state index contributed by atoms with van der Waals surface area (Å²) in [6, 6.07) is 0. The van der Waals surface area contributed by atoms with Gasteiger partial charge in [-0.1, -0.05) is 0 Å². The fourth-order valence-corrected chi connectivity index (χ4v) is 0.855. The average Bonchev–Trinajstić information content (AvgIpc) is 1.97. The molecule has 0 aliphatic heterocycles. The minimum Gasteiger partial charge on any atom is -0.381 e. The van der Waals surface area contributed by atoms with Crippen molar-refractivity contribution in [1.29, 1.82) is 0 Å². The second kappa shape index (κ2) is 9.54. The molecule has 0 heterocycles. The Kier molecular flexibility index (Phi) is 10.1. The SMILES string of the molecule is ClCCCCOCCCCl. The summed E-state index contributed by atoms with van der Waals surface area (Å²) in [5.41, 5.74) is 0. The van der Waals surface area contributed by atoms with Gasteiger partial charge in [0.25, 0.3) is 0 Å². The molecule has 3 heteroatoms. The molecule has 0 aromatic carbocycles. The van der Waals surface area contributed by atoms with Gasteiger partial charge >= 0.3 is 0 Å². The van der Waals surface area contributed by atoms with Crippen molar-refractivity contribution < 1.29 is 4.74 Å². The van der Waals surface area contributed by atoms with Gasteiger partial charge in [-0.3, -0.25) is 0 Å². The van der Waals surface area contributed by atoms with E-state index in [0.717, 1.165) is 38.4 Å². The van der Waals surface area contributed by atoms with Crippen LogP contribution in [-0.4, -0.2) is 25.0 Å². The third-order valence-electron chi connectivity index (χ3n) is 1.09. The van der Waals surface area contributed by atoms with Crippen LogP contribution in [0.4, 0.5) is 0 Å². The molecule has 0 saturated carbocycles. The van der Waals surface area contributed by atoms with Crippen LogP contribution in [-0.2, 0) is 4.74 Å². The number of halogens is 2. The Morgan fingerprint density at radius 3 is 2.00 bits per heavy atom. The predicted molar refractivity (Wildman–Crippen MR) is 46.1 cm³/mol. The van der Waals surface area contributed by atoms with E-state index in [1.807, 2.05) is 0 Å². The molecule has 0 saturated heterocycles. The molecule has 0 unspecified atom stereocenters. The maximum Gasteiger partial charge on any atom is 0.0477 e. The van der Waals surface area contributed by atoms with Gasteiger partial charge in [-0.05, 0) is 19.3 Å². The van der Waals surface area contributed by atoms with Crippen molar-refractivity contribution >= 4 is 23.2 Å². The number of hydrogen-bond donors (Lipinski definition) is 0. The van der Waals surface area contributed by atoms with Crippen LogP contribution in [0.3, 0.4) is 0 Å². The van der Waals surface area contributed by atoms with E-state index in [1.54, 1.807) is 0 Å². The summed E-state index contributed by atoms with van der Waals surface area (Å²) in [6.07, 6.45) is 3.05. The molecule has 0 atom stereocenters. The fraction of sp³-hybridized carbons (Fsp3) is 1.00. The third kappa shape index (κ3) is 8.54. The lowest BCUT2D eigenvalue weighted by Gasteiger charge is -2.00. The van der Waals surface area contributed by atoms with Gasteiger partial charge in [0.2, 0.25) is 0 Å². The minimum absolute atomic E-state index is 0.690. The topological polar surface area (TPSA) is 9.23 Å². The maximum absolute atomic E-state index is 5.46. The Hall–Kier alpha value is 0.540. The first-order valence-corrected chi connectivity index (χ1v) is 4.68. The fourth-order valence-electron chi connectivity index (χ4n) is 0.557. The van der Waals surface area contributed by atoms with Crippen LogP contribution >= 0.6 is 23.2 Å². The van der Waals surface area contributed by atoms with E-state index in [4.69, 9.17) is 27.9 Å². The van der Waals surface area contributed by atoms with Crippen molar-refractivity contribution in [3.8, 4) is 0 Å². The molecule has 0 amide bonds. The van der Waals surface area contributed by atoms with Gasteiger partial charge in [0.1, 0.15) is 0 Å². The molecule has 0 N–H and O–H groups in total. The van der Waals surface area contributed by atoms with Crippen molar-refractivity contribution in [1.82, 2.24) is 0 Å². The van der Waals surface area contributed by atoms with E-state index in [0.29, 0.717) is 5.88 Å². The lowest BCUT2D eigenvalue weighted by molar-refractivity contribution is 0.132. The Morgan fingerprint density at radius 1 is 0.800 bits per heavy atom. The smallest absolute Gasteiger partial charge is 0.0477 e. The number of hydrogen-bond acceptors (Lipinski definition) is 1. The Balaban J connectivity index is 2.65. The van der Waals surface area contributed by atoms with Crippen molar-refractivity contribution in [2.75, 3.05) is 25.0 Å². The zero-order chi connectivity index (χ0) is 7.66. The monoisotopic (exact) mass is 184 g/mol. The molecule has 0 bridgehead atoms. The first-order chi connectivity index (χ1) is 4.91. The van der Waals surface area contributed by atoms with Crippen LogP contribution in [0, 0.1) is 0 Å². The quantitative estimate of drug-likeness (QED) is 0.437. The molecule has 1 nitrogen and oxygen atoms in total. The van der Waals surface area contributed by atoms with Crippen LogP contribution < -0.4 is 0 Å². The first kappa shape index (κ1) is 10.5.